The van der Waals surface area contributed by atoms with Crippen LogP contribution in [0.4, 0.5) is 48.3 Å². The van der Waals surface area contributed by atoms with Gasteiger partial charge >= 0.3 is 0 Å². The topological polar surface area (TPSA) is 143 Å². The van der Waals surface area contributed by atoms with Crippen LogP contribution in [0.15, 0.2) is 22.3 Å². The standard InChI is InChI=1S/C40H7F11N6/c1-10(2)3-14-30(41)24-15(11(4-52)5-53)18-21(27(24)32(43)31(14)42)19-16(12(6-54)7-55)25-29(36(47)40(51)37(48)33(25)44)23(19)20-17(13(8-56)9-57)26-28(22(18)20)35(46)39(50)38(49)34(26)45/h3H,1-2H3. The summed E-state index contributed by atoms with van der Waals surface area (Å²) >= 11 is 0. The fraction of sp³-hybridized carbons (Fsp3) is 0.0500. The number of hydrogen-bond acceptors (Lipinski definition) is 6. The molecule has 7 rings (SSSR count). The Bertz CT molecular complexity index is 3100. The van der Waals surface area contributed by atoms with Crippen molar-refractivity contribution in [2.45, 2.75) is 13.8 Å². The molecule has 0 bridgehead atoms. The average molecular weight is 781 g/mol. The van der Waals surface area contributed by atoms with E-state index < -0.39 is 170 Å². The minimum absolute atomic E-state index is 0.124. The number of rotatable bonds is 1. The Labute approximate surface area is 311 Å². The molecule has 0 saturated carbocycles. The molecule has 0 aromatic heterocycles. The van der Waals surface area contributed by atoms with E-state index in [9.17, 15) is 31.6 Å². The van der Waals surface area contributed by atoms with Crippen molar-refractivity contribution >= 4 is 22.8 Å². The molecule has 0 fully saturated rings. The maximum Gasteiger partial charge on any atom is 0.198 e. The second kappa shape index (κ2) is 12.5. The molecular weight excluding hydrogens is 773 g/mol. The Morgan fingerprint density at radius 3 is 0.825 bits per heavy atom. The minimum atomic E-state index is -2.61. The third-order valence-corrected chi connectivity index (χ3v) is 9.49. The van der Waals surface area contributed by atoms with Crippen molar-refractivity contribution < 1.29 is 48.3 Å². The van der Waals surface area contributed by atoms with Gasteiger partial charge in [-0.3, -0.25) is 0 Å². The molecule has 0 saturated heterocycles. The lowest BCUT2D eigenvalue weighted by Crippen LogP contribution is -2.03. The molecule has 0 aliphatic heterocycles. The smallest absolute Gasteiger partial charge is 0.198 e. The number of nitrogens with zero attached hydrogens (tertiary/aromatic N) is 6. The zero-order valence-electron chi connectivity index (χ0n) is 27.9. The van der Waals surface area contributed by atoms with E-state index in [1.807, 2.05) is 0 Å². The van der Waals surface area contributed by atoms with Gasteiger partial charge in [-0.2, -0.15) is 31.6 Å². The van der Waals surface area contributed by atoms with Crippen LogP contribution in [0.5, 0.6) is 0 Å². The Balaban J connectivity index is 2.01. The van der Waals surface area contributed by atoms with Gasteiger partial charge in [0.25, 0.3) is 0 Å². The molecule has 3 aliphatic carbocycles. The summed E-state index contributed by atoms with van der Waals surface area (Å²) in [4.78, 5) is 0. The fourth-order valence-electron chi connectivity index (χ4n) is 7.55. The highest BCUT2D eigenvalue weighted by atomic mass is 19.2. The van der Waals surface area contributed by atoms with Crippen LogP contribution in [0.2, 0.25) is 0 Å². The first kappa shape index (κ1) is 37.3. The van der Waals surface area contributed by atoms with E-state index in [0.717, 1.165) is 6.08 Å². The van der Waals surface area contributed by atoms with Gasteiger partial charge in [0, 0.05) is 89.0 Å². The zero-order valence-corrected chi connectivity index (χ0v) is 27.9. The summed E-state index contributed by atoms with van der Waals surface area (Å²) in [5, 5.41) is 60.4. The van der Waals surface area contributed by atoms with Gasteiger partial charge < -0.3 is 0 Å². The molecule has 6 nitrogen and oxygen atoms in total. The molecule has 274 valence electrons. The van der Waals surface area contributed by atoms with Crippen molar-refractivity contribution in [2.24, 2.45) is 0 Å². The Morgan fingerprint density at radius 2 is 0.561 bits per heavy atom. The number of hydrogen-bond donors (Lipinski definition) is 0. The SMILES string of the molecule is CC(C)=Cc1c(F)c(F)c2c(c1F)C(=C(C#N)C#N)c1c3c(c4c(c1-2)C(=C(C#N)C#N)c1c(F)c(F)c(F)c(F)c1-4)C(=C(C#N)C#N)c1c(F)c(F)c(F)c(F)c1-3. The first-order valence-electron chi connectivity index (χ1n) is 15.5. The predicted octanol–water partition coefficient (Wildman–Crippen LogP) is 10.1. The lowest BCUT2D eigenvalue weighted by molar-refractivity contribution is 0.410. The van der Waals surface area contributed by atoms with Gasteiger partial charge in [0.1, 0.15) is 59.0 Å². The van der Waals surface area contributed by atoms with Crippen molar-refractivity contribution in [1.82, 2.24) is 0 Å². The molecule has 0 N–H and O–H groups in total. The van der Waals surface area contributed by atoms with Gasteiger partial charge in [-0.05, 0) is 13.8 Å². The summed E-state index contributed by atoms with van der Waals surface area (Å²) in [7, 11) is 0. The average Bonchev–Trinajstić information content (AvgIpc) is 3.84. The van der Waals surface area contributed by atoms with Crippen molar-refractivity contribution in [3.63, 3.8) is 0 Å². The second-order valence-electron chi connectivity index (χ2n) is 12.5. The Morgan fingerprint density at radius 1 is 0.316 bits per heavy atom. The maximum atomic E-state index is 16.9. The van der Waals surface area contributed by atoms with E-state index in [-0.39, 0.29) is 5.57 Å². The van der Waals surface area contributed by atoms with Crippen LogP contribution in [0.3, 0.4) is 0 Å². The highest BCUT2D eigenvalue weighted by Gasteiger charge is 2.51. The van der Waals surface area contributed by atoms with Crippen LogP contribution >= 0.6 is 0 Å². The molecule has 0 radical (unpaired) electrons. The number of allylic oxidation sites excluding steroid dienone is 4. The monoisotopic (exact) mass is 780 g/mol. The molecule has 4 aromatic rings. The van der Waals surface area contributed by atoms with Gasteiger partial charge in [0.05, 0.1) is 0 Å². The van der Waals surface area contributed by atoms with E-state index in [4.69, 9.17) is 0 Å². The van der Waals surface area contributed by atoms with Crippen LogP contribution in [0.25, 0.3) is 56.2 Å². The highest BCUT2D eigenvalue weighted by molar-refractivity contribution is 6.25. The molecule has 0 amide bonds. The van der Waals surface area contributed by atoms with Crippen LogP contribution in [0.1, 0.15) is 52.8 Å². The molecule has 3 aliphatic rings. The number of halogens is 11. The first-order valence-corrected chi connectivity index (χ1v) is 15.5. The first-order chi connectivity index (χ1) is 27.0. The van der Waals surface area contributed by atoms with E-state index >= 15 is 48.3 Å². The fourth-order valence-corrected chi connectivity index (χ4v) is 7.55. The number of benzene rings is 4. The van der Waals surface area contributed by atoms with Crippen LogP contribution < -0.4 is 0 Å². The second-order valence-corrected chi connectivity index (χ2v) is 12.5. The summed E-state index contributed by atoms with van der Waals surface area (Å²) in [5.41, 5.74) is -24.6. The normalized spacial score (nSPS) is 12.1. The molecule has 17 heteroatoms. The molecule has 0 heterocycles. The molecule has 0 atom stereocenters. The minimum Gasteiger partial charge on any atom is -0.206 e. The van der Waals surface area contributed by atoms with Gasteiger partial charge in [0.2, 0.25) is 0 Å². The summed E-state index contributed by atoms with van der Waals surface area (Å²) in [6, 6.07) is 7.81. The highest BCUT2D eigenvalue weighted by Crippen LogP contribution is 2.67. The molecule has 4 aromatic carbocycles. The lowest BCUT2D eigenvalue weighted by Gasteiger charge is -2.19. The van der Waals surface area contributed by atoms with Crippen molar-refractivity contribution in [3.8, 4) is 69.8 Å². The number of fused-ring (bicyclic) bond motifs is 12. The van der Waals surface area contributed by atoms with E-state index in [1.165, 1.54) is 50.3 Å². The lowest BCUT2D eigenvalue weighted by atomic mass is 9.82. The van der Waals surface area contributed by atoms with Crippen LogP contribution in [-0.2, 0) is 0 Å². The quantitative estimate of drug-likeness (QED) is 0.0702. The van der Waals surface area contributed by atoms with Gasteiger partial charge in [-0.25, -0.2) is 48.3 Å². The summed E-state index contributed by atoms with van der Waals surface area (Å²) < 4.78 is 175. The van der Waals surface area contributed by atoms with Gasteiger partial charge in [-0.15, -0.1) is 0 Å². The van der Waals surface area contributed by atoms with Gasteiger partial charge in [0.15, 0.2) is 58.2 Å². The van der Waals surface area contributed by atoms with Crippen LogP contribution in [-0.4, -0.2) is 0 Å². The molecule has 0 unspecified atom stereocenters. The Hall–Kier alpha value is -7.99. The summed E-state index contributed by atoms with van der Waals surface area (Å²) in [5.74, 6) is -25.7. The zero-order chi connectivity index (χ0) is 41.8. The number of nitriles is 6. The van der Waals surface area contributed by atoms with Crippen molar-refractivity contribution in [2.75, 3.05) is 0 Å². The molecular formula is C40H7F11N6. The van der Waals surface area contributed by atoms with E-state index in [1.54, 1.807) is 0 Å². The molecule has 57 heavy (non-hydrogen) atoms. The summed E-state index contributed by atoms with van der Waals surface area (Å²) in [6.45, 7) is 2.62. The Kier molecular flexibility index (Phi) is 8.21. The maximum absolute atomic E-state index is 16.9. The van der Waals surface area contributed by atoms with Gasteiger partial charge in [-0.1, -0.05) is 11.6 Å². The summed E-state index contributed by atoms with van der Waals surface area (Å²) in [6.07, 6.45) is 0.762. The molecule has 0 spiro atoms. The van der Waals surface area contributed by atoms with E-state index in [0.29, 0.717) is 0 Å². The van der Waals surface area contributed by atoms with Crippen molar-refractivity contribution in [1.29, 1.82) is 31.6 Å². The third kappa shape index (κ3) is 4.40. The van der Waals surface area contributed by atoms with Crippen LogP contribution in [0, 0.1) is 132 Å². The largest absolute Gasteiger partial charge is 0.206 e. The third-order valence-electron chi connectivity index (χ3n) is 9.49. The van der Waals surface area contributed by atoms with E-state index in [2.05, 4.69) is 0 Å². The van der Waals surface area contributed by atoms with Crippen molar-refractivity contribution in [3.05, 3.63) is 125 Å². The predicted molar refractivity (Wildman–Crippen MR) is 173 cm³/mol.